The number of rotatable bonds is 8. The molecule has 1 amide bonds. The quantitative estimate of drug-likeness (QED) is 0.610. The molecule has 2 aromatic carbocycles. The first-order chi connectivity index (χ1) is 13.6. The van der Waals surface area contributed by atoms with Crippen molar-refractivity contribution in [2.45, 2.75) is 25.6 Å². The Kier molecular flexibility index (Phi) is 8.92. The molecule has 0 aliphatic carbocycles. The van der Waals surface area contributed by atoms with Crippen LogP contribution in [0.4, 0.5) is 0 Å². The van der Waals surface area contributed by atoms with E-state index in [2.05, 4.69) is 5.32 Å². The predicted molar refractivity (Wildman–Crippen MR) is 114 cm³/mol. The van der Waals surface area contributed by atoms with Crippen molar-refractivity contribution in [2.24, 2.45) is 11.1 Å². The van der Waals surface area contributed by atoms with Crippen LogP contribution in [0, 0.1) is 5.41 Å². The van der Waals surface area contributed by atoms with Gasteiger partial charge in [-0.3, -0.25) is 4.79 Å². The summed E-state index contributed by atoms with van der Waals surface area (Å²) in [6, 6.07) is 17.2. The molecule has 0 aromatic heterocycles. The van der Waals surface area contributed by atoms with Crippen molar-refractivity contribution in [3.05, 3.63) is 65.7 Å². The second-order valence-electron chi connectivity index (χ2n) is 7.17. The third kappa shape index (κ3) is 6.18. The lowest BCUT2D eigenvalue weighted by Crippen LogP contribution is -2.49. The first kappa shape index (κ1) is 23.2. The molecule has 0 spiro atoms. The van der Waals surface area contributed by atoms with Crippen molar-refractivity contribution in [1.82, 2.24) is 5.32 Å². The highest BCUT2D eigenvalue weighted by Gasteiger charge is 2.38. The molecule has 1 atom stereocenters. The lowest BCUT2D eigenvalue weighted by atomic mass is 9.79. The summed E-state index contributed by atoms with van der Waals surface area (Å²) in [7, 11) is 0. The van der Waals surface area contributed by atoms with Crippen molar-refractivity contribution in [3.63, 3.8) is 0 Å². The van der Waals surface area contributed by atoms with Gasteiger partial charge in [-0.2, -0.15) is 0 Å². The Bertz CT molecular complexity index is 766. The van der Waals surface area contributed by atoms with E-state index in [0.29, 0.717) is 44.0 Å². The number of benzene rings is 2. The van der Waals surface area contributed by atoms with Crippen molar-refractivity contribution in [3.8, 4) is 5.75 Å². The maximum absolute atomic E-state index is 12.6. The molecule has 6 nitrogen and oxygen atoms in total. The van der Waals surface area contributed by atoms with Crippen LogP contribution < -0.4 is 15.8 Å². The van der Waals surface area contributed by atoms with Gasteiger partial charge in [0.1, 0.15) is 12.4 Å². The minimum absolute atomic E-state index is 0. The molecule has 1 aliphatic heterocycles. The average molecular weight is 421 g/mol. The first-order valence-corrected chi connectivity index (χ1v) is 9.64. The second-order valence-corrected chi connectivity index (χ2v) is 7.17. The van der Waals surface area contributed by atoms with Crippen LogP contribution in [0.2, 0.25) is 0 Å². The van der Waals surface area contributed by atoms with Gasteiger partial charge in [-0.15, -0.1) is 12.4 Å². The lowest BCUT2D eigenvalue weighted by molar-refractivity contribution is -0.136. The number of ether oxygens (including phenoxy) is 2. The molecule has 4 N–H and O–H groups in total. The minimum Gasteiger partial charge on any atom is -0.489 e. The van der Waals surface area contributed by atoms with Gasteiger partial charge in [0.15, 0.2) is 0 Å². The van der Waals surface area contributed by atoms with Crippen LogP contribution in [0.25, 0.3) is 0 Å². The number of aliphatic hydroxyl groups is 1. The molecule has 0 saturated carbocycles. The van der Waals surface area contributed by atoms with Gasteiger partial charge < -0.3 is 25.6 Å². The van der Waals surface area contributed by atoms with Crippen molar-refractivity contribution >= 4 is 18.3 Å². The molecule has 1 saturated heterocycles. The summed E-state index contributed by atoms with van der Waals surface area (Å²) >= 11 is 0. The smallest absolute Gasteiger partial charge is 0.227 e. The van der Waals surface area contributed by atoms with Crippen molar-refractivity contribution < 1.29 is 19.4 Å². The Morgan fingerprint density at radius 2 is 1.90 bits per heavy atom. The summed E-state index contributed by atoms with van der Waals surface area (Å²) in [5.41, 5.74) is 7.03. The molecule has 1 heterocycles. The van der Waals surface area contributed by atoms with E-state index in [-0.39, 0.29) is 31.4 Å². The first-order valence-electron chi connectivity index (χ1n) is 9.64. The molecule has 1 aliphatic rings. The molecule has 29 heavy (non-hydrogen) atoms. The minimum atomic E-state index is -0.820. The van der Waals surface area contributed by atoms with Gasteiger partial charge in [0.2, 0.25) is 5.91 Å². The van der Waals surface area contributed by atoms with E-state index in [0.717, 1.165) is 5.56 Å². The Hall–Kier alpha value is -2.12. The summed E-state index contributed by atoms with van der Waals surface area (Å²) in [6.45, 7) is 1.94. The maximum Gasteiger partial charge on any atom is 0.227 e. The van der Waals surface area contributed by atoms with E-state index in [1.807, 2.05) is 48.5 Å². The van der Waals surface area contributed by atoms with Crippen LogP contribution in [-0.2, 0) is 16.1 Å². The van der Waals surface area contributed by atoms with Crippen LogP contribution in [0.3, 0.4) is 0 Å². The van der Waals surface area contributed by atoms with Gasteiger partial charge in [0.05, 0.1) is 11.5 Å². The summed E-state index contributed by atoms with van der Waals surface area (Å²) in [4.78, 5) is 12.6. The third-order valence-electron chi connectivity index (χ3n) is 5.27. The van der Waals surface area contributed by atoms with E-state index >= 15 is 0 Å². The topological polar surface area (TPSA) is 93.8 Å². The number of nitrogens with two attached hydrogens (primary N) is 1. The molecule has 0 radical (unpaired) electrons. The van der Waals surface area contributed by atoms with Gasteiger partial charge in [-0.05, 0) is 36.1 Å². The summed E-state index contributed by atoms with van der Waals surface area (Å²) < 4.78 is 11.1. The van der Waals surface area contributed by atoms with Crippen LogP contribution >= 0.6 is 12.4 Å². The fraction of sp³-hybridized carbons (Fsp3) is 0.409. The second kappa shape index (κ2) is 11.2. The number of amides is 1. The lowest BCUT2D eigenvalue weighted by Gasteiger charge is -2.34. The maximum atomic E-state index is 12.6. The normalized spacial score (nSPS) is 16.3. The van der Waals surface area contributed by atoms with Gasteiger partial charge in [-0.1, -0.05) is 42.5 Å². The molecule has 158 valence electrons. The van der Waals surface area contributed by atoms with Crippen molar-refractivity contribution in [2.75, 3.05) is 26.3 Å². The van der Waals surface area contributed by atoms with E-state index < -0.39 is 11.5 Å². The van der Waals surface area contributed by atoms with E-state index in [1.165, 1.54) is 0 Å². The van der Waals surface area contributed by atoms with E-state index in [4.69, 9.17) is 15.2 Å². The highest BCUT2D eigenvalue weighted by Crippen LogP contribution is 2.29. The molecular weight excluding hydrogens is 392 g/mol. The standard InChI is InChI=1S/C22H28N2O4.ClH/c23-16-22(9-11-27-12-10-22)21(26)24-14-20(25)18-7-4-8-19(13-18)28-15-17-5-2-1-3-6-17;/h1-8,13,20,25H,9-12,14-16,23H2,(H,24,26);1H. The summed E-state index contributed by atoms with van der Waals surface area (Å²) in [6.07, 6.45) is 0.390. The molecule has 1 unspecified atom stereocenters. The van der Waals surface area contributed by atoms with Gasteiger partial charge in [0.25, 0.3) is 0 Å². The molecule has 3 rings (SSSR count). The van der Waals surface area contributed by atoms with Crippen molar-refractivity contribution in [1.29, 1.82) is 0 Å². The number of aliphatic hydroxyl groups excluding tert-OH is 1. The number of halogens is 1. The monoisotopic (exact) mass is 420 g/mol. The number of nitrogens with one attached hydrogen (secondary N) is 1. The summed E-state index contributed by atoms with van der Waals surface area (Å²) in [5, 5.41) is 13.4. The fourth-order valence-corrected chi connectivity index (χ4v) is 3.33. The van der Waals surface area contributed by atoms with Gasteiger partial charge >= 0.3 is 0 Å². The molecular formula is C22H29ClN2O4. The zero-order valence-electron chi connectivity index (χ0n) is 16.4. The highest BCUT2D eigenvalue weighted by molar-refractivity contribution is 5.85. The van der Waals surface area contributed by atoms with E-state index in [9.17, 15) is 9.90 Å². The largest absolute Gasteiger partial charge is 0.489 e. The van der Waals surface area contributed by atoms with Crippen LogP contribution in [0.1, 0.15) is 30.1 Å². The molecule has 7 heteroatoms. The summed E-state index contributed by atoms with van der Waals surface area (Å²) in [5.74, 6) is 0.559. The van der Waals surface area contributed by atoms with Gasteiger partial charge in [-0.25, -0.2) is 0 Å². The van der Waals surface area contributed by atoms with Crippen LogP contribution in [0.5, 0.6) is 5.75 Å². The highest BCUT2D eigenvalue weighted by atomic mass is 35.5. The third-order valence-corrected chi connectivity index (χ3v) is 5.27. The SMILES string of the molecule is Cl.NCC1(C(=O)NCC(O)c2cccc(OCc3ccccc3)c2)CCOCC1. The predicted octanol–water partition coefficient (Wildman–Crippen LogP) is 2.59. The Balaban J connectivity index is 0.00000300. The molecule has 1 fully saturated rings. The number of hydrogen-bond acceptors (Lipinski definition) is 5. The van der Waals surface area contributed by atoms with Crippen LogP contribution in [0.15, 0.2) is 54.6 Å². The number of carbonyl (C=O) groups is 1. The number of carbonyl (C=O) groups excluding carboxylic acids is 1. The zero-order valence-corrected chi connectivity index (χ0v) is 17.2. The zero-order chi connectivity index (χ0) is 19.8. The van der Waals surface area contributed by atoms with E-state index in [1.54, 1.807) is 6.07 Å². The van der Waals surface area contributed by atoms with Crippen LogP contribution in [-0.4, -0.2) is 37.3 Å². The fourth-order valence-electron chi connectivity index (χ4n) is 3.33. The molecule has 2 aromatic rings. The Morgan fingerprint density at radius 1 is 1.17 bits per heavy atom. The molecule has 0 bridgehead atoms. The average Bonchev–Trinajstić information content (AvgIpc) is 2.77. The van der Waals surface area contributed by atoms with Gasteiger partial charge in [0, 0.05) is 26.3 Å². The Morgan fingerprint density at radius 3 is 2.59 bits per heavy atom. The number of hydrogen-bond donors (Lipinski definition) is 3. The Labute approximate surface area is 177 Å².